The van der Waals surface area contributed by atoms with E-state index in [4.69, 9.17) is 9.47 Å². The van der Waals surface area contributed by atoms with E-state index in [9.17, 15) is 14.4 Å². The highest BCUT2D eigenvalue weighted by Gasteiger charge is 2.37. The Labute approximate surface area is 121 Å². The van der Waals surface area contributed by atoms with Crippen LogP contribution in [-0.4, -0.2) is 46.2 Å². The Hall–Kier alpha value is -2.57. The van der Waals surface area contributed by atoms with Gasteiger partial charge in [0.25, 0.3) is 0 Å². The van der Waals surface area contributed by atoms with Gasteiger partial charge in [0, 0.05) is 5.56 Å². The zero-order chi connectivity index (χ0) is 16.0. The van der Waals surface area contributed by atoms with Gasteiger partial charge in [0.15, 0.2) is 17.3 Å². The highest BCUT2D eigenvalue weighted by atomic mass is 16.5. The molecule has 0 atom stereocenters. The van der Waals surface area contributed by atoms with Crippen LogP contribution in [0.15, 0.2) is 18.2 Å². The van der Waals surface area contributed by atoms with E-state index in [1.807, 2.05) is 0 Å². The van der Waals surface area contributed by atoms with Gasteiger partial charge in [0.1, 0.15) is 0 Å². The van der Waals surface area contributed by atoms with Gasteiger partial charge in [-0.25, -0.2) is 0 Å². The van der Waals surface area contributed by atoms with Gasteiger partial charge in [-0.1, -0.05) is 0 Å². The number of hydrogen-bond donors (Lipinski definition) is 0. The van der Waals surface area contributed by atoms with Gasteiger partial charge in [0.05, 0.1) is 28.4 Å². The van der Waals surface area contributed by atoms with Crippen molar-refractivity contribution in [3.63, 3.8) is 0 Å². The Morgan fingerprint density at radius 3 is 1.81 bits per heavy atom. The molecule has 0 N–H and O–H groups in total. The fourth-order valence-corrected chi connectivity index (χ4v) is 1.70. The molecule has 0 amide bonds. The molecule has 0 aliphatic heterocycles. The number of carbonyl (C=O) groups is 3. The van der Waals surface area contributed by atoms with Crippen molar-refractivity contribution < 1.29 is 33.3 Å². The SMILES string of the molecule is COC(=O)C(C(=O)OC)C(=O)c1ccc(OC)c(OC)c1. The predicted octanol–water partition coefficient (Wildman–Crippen LogP) is 0.849. The minimum absolute atomic E-state index is 0.105. The lowest BCUT2D eigenvalue weighted by Gasteiger charge is -2.13. The first-order chi connectivity index (χ1) is 9.99. The molecule has 1 rings (SSSR count). The highest BCUT2D eigenvalue weighted by Crippen LogP contribution is 2.28. The third-order valence-corrected chi connectivity index (χ3v) is 2.80. The average Bonchev–Trinajstić information content (AvgIpc) is 2.53. The Morgan fingerprint density at radius 1 is 0.857 bits per heavy atom. The topological polar surface area (TPSA) is 88.1 Å². The van der Waals surface area contributed by atoms with Gasteiger partial charge >= 0.3 is 11.9 Å². The number of methoxy groups -OCH3 is 4. The van der Waals surface area contributed by atoms with E-state index in [0.717, 1.165) is 14.2 Å². The first kappa shape index (κ1) is 16.5. The Kier molecular flexibility index (Phi) is 5.71. The van der Waals surface area contributed by atoms with Crippen LogP contribution in [0.25, 0.3) is 0 Å². The lowest BCUT2D eigenvalue weighted by molar-refractivity contribution is -0.155. The molecule has 0 saturated carbocycles. The van der Waals surface area contributed by atoms with Crippen molar-refractivity contribution in [3.8, 4) is 11.5 Å². The molecule has 0 radical (unpaired) electrons. The number of esters is 2. The second-order valence-corrected chi connectivity index (χ2v) is 3.91. The van der Waals surface area contributed by atoms with E-state index in [1.54, 1.807) is 0 Å². The van der Waals surface area contributed by atoms with Crippen molar-refractivity contribution in [1.82, 2.24) is 0 Å². The van der Waals surface area contributed by atoms with Gasteiger partial charge in [-0.05, 0) is 18.2 Å². The summed E-state index contributed by atoms with van der Waals surface area (Å²) in [6.45, 7) is 0. The van der Waals surface area contributed by atoms with E-state index in [0.29, 0.717) is 11.5 Å². The Bertz CT molecular complexity index is 534. The first-order valence-corrected chi connectivity index (χ1v) is 5.92. The highest BCUT2D eigenvalue weighted by molar-refractivity contribution is 6.20. The maximum Gasteiger partial charge on any atom is 0.328 e. The Morgan fingerprint density at radius 2 is 1.38 bits per heavy atom. The summed E-state index contributed by atoms with van der Waals surface area (Å²) in [6, 6.07) is 4.29. The van der Waals surface area contributed by atoms with Crippen molar-refractivity contribution in [2.24, 2.45) is 5.92 Å². The van der Waals surface area contributed by atoms with Crippen LogP contribution in [0.1, 0.15) is 10.4 Å². The number of rotatable bonds is 6. The number of benzene rings is 1. The second kappa shape index (κ2) is 7.28. The van der Waals surface area contributed by atoms with Crippen molar-refractivity contribution in [1.29, 1.82) is 0 Å². The Balaban J connectivity index is 3.20. The van der Waals surface area contributed by atoms with Crippen molar-refractivity contribution in [2.45, 2.75) is 0 Å². The van der Waals surface area contributed by atoms with E-state index in [-0.39, 0.29) is 5.56 Å². The molecule has 0 aliphatic carbocycles. The van der Waals surface area contributed by atoms with Crippen molar-refractivity contribution in [3.05, 3.63) is 23.8 Å². The lowest BCUT2D eigenvalue weighted by atomic mass is 9.97. The molecule has 0 aromatic heterocycles. The van der Waals surface area contributed by atoms with Gasteiger partial charge in [0.2, 0.25) is 5.92 Å². The zero-order valence-electron chi connectivity index (χ0n) is 12.2. The summed E-state index contributed by atoms with van der Waals surface area (Å²) in [4.78, 5) is 35.5. The van der Waals surface area contributed by atoms with Crippen molar-refractivity contribution >= 4 is 17.7 Å². The molecule has 0 bridgehead atoms. The van der Waals surface area contributed by atoms with Crippen LogP contribution in [0.2, 0.25) is 0 Å². The molecular formula is C14H16O7. The molecule has 0 fully saturated rings. The predicted molar refractivity (Wildman–Crippen MR) is 71.4 cm³/mol. The van der Waals surface area contributed by atoms with E-state index in [1.165, 1.54) is 32.4 Å². The largest absolute Gasteiger partial charge is 0.493 e. The number of ether oxygens (including phenoxy) is 4. The summed E-state index contributed by atoms with van der Waals surface area (Å²) in [5.41, 5.74) is 0.105. The zero-order valence-corrected chi connectivity index (χ0v) is 12.2. The summed E-state index contributed by atoms with van der Waals surface area (Å²) in [5, 5.41) is 0. The molecule has 0 aliphatic rings. The van der Waals surface area contributed by atoms with E-state index < -0.39 is 23.6 Å². The standard InChI is InChI=1S/C14H16O7/c1-18-9-6-5-8(7-10(9)19-2)12(15)11(13(16)20-3)14(17)21-4/h5-7,11H,1-4H3. The molecular weight excluding hydrogens is 280 g/mol. The molecule has 0 heterocycles. The fourth-order valence-electron chi connectivity index (χ4n) is 1.70. The van der Waals surface area contributed by atoms with Crippen LogP contribution in [0.4, 0.5) is 0 Å². The second-order valence-electron chi connectivity index (χ2n) is 3.91. The molecule has 0 unspecified atom stereocenters. The smallest absolute Gasteiger partial charge is 0.328 e. The molecule has 1 aromatic carbocycles. The third kappa shape index (κ3) is 3.50. The van der Waals surface area contributed by atoms with Crippen LogP contribution < -0.4 is 9.47 Å². The van der Waals surface area contributed by atoms with Crippen LogP contribution in [0, 0.1) is 5.92 Å². The fraction of sp³-hybridized carbons (Fsp3) is 0.357. The average molecular weight is 296 g/mol. The summed E-state index contributed by atoms with van der Waals surface area (Å²) < 4.78 is 19.0. The number of ketones is 1. The third-order valence-electron chi connectivity index (χ3n) is 2.80. The summed E-state index contributed by atoms with van der Waals surface area (Å²) >= 11 is 0. The molecule has 0 spiro atoms. The van der Waals surface area contributed by atoms with Crippen LogP contribution in [0.3, 0.4) is 0 Å². The molecule has 21 heavy (non-hydrogen) atoms. The van der Waals surface area contributed by atoms with Crippen LogP contribution in [-0.2, 0) is 19.1 Å². The number of hydrogen-bond acceptors (Lipinski definition) is 7. The maximum atomic E-state index is 12.3. The van der Waals surface area contributed by atoms with E-state index >= 15 is 0 Å². The molecule has 7 heteroatoms. The van der Waals surface area contributed by atoms with Gasteiger partial charge in [-0.2, -0.15) is 0 Å². The maximum absolute atomic E-state index is 12.3. The molecule has 7 nitrogen and oxygen atoms in total. The molecule has 114 valence electrons. The minimum atomic E-state index is -1.67. The van der Waals surface area contributed by atoms with Crippen LogP contribution >= 0.6 is 0 Å². The van der Waals surface area contributed by atoms with Gasteiger partial charge in [-0.3, -0.25) is 14.4 Å². The van der Waals surface area contributed by atoms with Gasteiger partial charge in [-0.15, -0.1) is 0 Å². The summed E-state index contributed by atoms with van der Waals surface area (Å²) in [7, 11) is 5.02. The monoisotopic (exact) mass is 296 g/mol. The van der Waals surface area contributed by atoms with Crippen LogP contribution in [0.5, 0.6) is 11.5 Å². The molecule has 0 saturated heterocycles. The first-order valence-electron chi connectivity index (χ1n) is 5.92. The molecule has 1 aromatic rings. The lowest BCUT2D eigenvalue weighted by Crippen LogP contribution is -2.33. The normalized spacial score (nSPS) is 9.95. The van der Waals surface area contributed by atoms with Gasteiger partial charge < -0.3 is 18.9 Å². The van der Waals surface area contributed by atoms with Crippen molar-refractivity contribution in [2.75, 3.05) is 28.4 Å². The summed E-state index contributed by atoms with van der Waals surface area (Å²) in [5.74, 6) is -3.66. The summed E-state index contributed by atoms with van der Waals surface area (Å²) in [6.07, 6.45) is 0. The number of carbonyl (C=O) groups excluding carboxylic acids is 3. The quantitative estimate of drug-likeness (QED) is 0.437. The number of Topliss-reactive ketones (excluding diaryl/α,β-unsaturated/α-hetero) is 1. The minimum Gasteiger partial charge on any atom is -0.493 e. The van der Waals surface area contributed by atoms with E-state index in [2.05, 4.69) is 9.47 Å².